The van der Waals surface area contributed by atoms with Crippen LogP contribution in [0.4, 0.5) is 0 Å². The summed E-state index contributed by atoms with van der Waals surface area (Å²) in [5, 5.41) is 15.4. The molecular weight excluding hydrogens is 290 g/mol. The van der Waals surface area contributed by atoms with Crippen LogP contribution in [0.2, 0.25) is 0 Å². The van der Waals surface area contributed by atoms with E-state index < -0.39 is 0 Å². The molecule has 3 aromatic rings. The molecular formula is C18H15N3O2. The molecule has 5 heteroatoms. The van der Waals surface area contributed by atoms with Crippen molar-refractivity contribution in [2.24, 2.45) is 5.10 Å². The van der Waals surface area contributed by atoms with Crippen molar-refractivity contribution in [2.75, 3.05) is 0 Å². The molecule has 0 amide bonds. The number of pyridine rings is 1. The molecule has 3 N–H and O–H groups in total. The number of aromatic nitrogens is 1. The maximum Gasteiger partial charge on any atom is 0.261 e. The number of aromatic amines is 1. The molecule has 0 saturated heterocycles. The molecule has 0 radical (unpaired) electrons. The zero-order valence-corrected chi connectivity index (χ0v) is 12.3. The van der Waals surface area contributed by atoms with Crippen molar-refractivity contribution in [1.82, 2.24) is 10.4 Å². The van der Waals surface area contributed by atoms with Crippen LogP contribution < -0.4 is 11.0 Å². The molecule has 5 nitrogen and oxygen atoms in total. The van der Waals surface area contributed by atoms with Crippen LogP contribution in [0.5, 0.6) is 5.75 Å². The summed E-state index contributed by atoms with van der Waals surface area (Å²) in [5.74, 6) is -0.0152. The smallest absolute Gasteiger partial charge is 0.261 e. The molecule has 1 unspecified atom stereocenters. The van der Waals surface area contributed by atoms with Crippen molar-refractivity contribution in [2.45, 2.75) is 12.5 Å². The summed E-state index contributed by atoms with van der Waals surface area (Å²) in [4.78, 5) is 15.2. The van der Waals surface area contributed by atoms with Crippen LogP contribution in [-0.4, -0.2) is 15.8 Å². The molecule has 2 heterocycles. The van der Waals surface area contributed by atoms with E-state index in [0.29, 0.717) is 23.0 Å². The van der Waals surface area contributed by atoms with Crippen LogP contribution in [0, 0.1) is 0 Å². The Morgan fingerprint density at radius 3 is 2.61 bits per heavy atom. The zero-order valence-electron chi connectivity index (χ0n) is 12.3. The van der Waals surface area contributed by atoms with Crippen molar-refractivity contribution in [1.29, 1.82) is 0 Å². The lowest BCUT2D eigenvalue weighted by molar-refractivity contribution is 0.479. The van der Waals surface area contributed by atoms with Crippen molar-refractivity contribution in [3.8, 4) is 5.75 Å². The number of aromatic hydroxyl groups is 1. The van der Waals surface area contributed by atoms with Gasteiger partial charge in [0, 0.05) is 11.8 Å². The number of nitrogens with zero attached hydrogens (tertiary/aromatic N) is 1. The molecule has 0 fully saturated rings. The number of rotatable bonds is 2. The summed E-state index contributed by atoms with van der Waals surface area (Å²) < 4.78 is 0. The maximum absolute atomic E-state index is 12.4. The fourth-order valence-electron chi connectivity index (χ4n) is 2.97. The minimum absolute atomic E-state index is 0.0106. The average Bonchev–Trinajstić information content (AvgIpc) is 3.05. The van der Waals surface area contributed by atoms with E-state index in [9.17, 15) is 9.90 Å². The SMILES string of the molecule is O=c1[nH]c2ccccc2c(O)c1C1=NNC(c2ccccc2)C1. The van der Waals surface area contributed by atoms with Crippen molar-refractivity contribution >= 4 is 16.6 Å². The Morgan fingerprint density at radius 1 is 1.04 bits per heavy atom. The lowest BCUT2D eigenvalue weighted by Gasteiger charge is -2.10. The summed E-state index contributed by atoms with van der Waals surface area (Å²) in [6.07, 6.45) is 0.555. The average molecular weight is 305 g/mol. The first kappa shape index (κ1) is 13.6. The topological polar surface area (TPSA) is 77.5 Å². The number of para-hydroxylation sites is 1. The number of hydrogen-bond acceptors (Lipinski definition) is 4. The molecule has 1 aliphatic rings. The first-order chi connectivity index (χ1) is 11.2. The van der Waals surface area contributed by atoms with Gasteiger partial charge in [-0.25, -0.2) is 0 Å². The third-order valence-electron chi connectivity index (χ3n) is 4.14. The van der Waals surface area contributed by atoms with Crippen LogP contribution in [-0.2, 0) is 0 Å². The van der Waals surface area contributed by atoms with Crippen LogP contribution in [0.3, 0.4) is 0 Å². The second-order valence-electron chi connectivity index (χ2n) is 5.58. The minimum Gasteiger partial charge on any atom is -0.506 e. The highest BCUT2D eigenvalue weighted by molar-refractivity contribution is 6.07. The van der Waals surface area contributed by atoms with Gasteiger partial charge in [0.1, 0.15) is 11.3 Å². The lowest BCUT2D eigenvalue weighted by atomic mass is 9.98. The van der Waals surface area contributed by atoms with E-state index in [0.717, 1.165) is 5.56 Å². The molecule has 0 aliphatic carbocycles. The molecule has 1 atom stereocenters. The van der Waals surface area contributed by atoms with E-state index in [1.807, 2.05) is 42.5 Å². The molecule has 114 valence electrons. The van der Waals surface area contributed by atoms with Crippen LogP contribution >= 0.6 is 0 Å². The number of H-pyrrole nitrogens is 1. The van der Waals surface area contributed by atoms with Gasteiger partial charge in [0.2, 0.25) is 0 Å². The monoisotopic (exact) mass is 305 g/mol. The fraction of sp³-hybridized carbons (Fsp3) is 0.111. The van der Waals surface area contributed by atoms with E-state index in [2.05, 4.69) is 15.5 Å². The van der Waals surface area contributed by atoms with Crippen molar-refractivity contribution < 1.29 is 5.11 Å². The van der Waals surface area contributed by atoms with Gasteiger partial charge in [0.25, 0.3) is 5.56 Å². The summed E-state index contributed by atoms with van der Waals surface area (Å²) in [5.41, 5.74) is 5.26. The predicted octanol–water partition coefficient (Wildman–Crippen LogP) is 2.67. The lowest BCUT2D eigenvalue weighted by Crippen LogP contribution is -2.18. The second-order valence-corrected chi connectivity index (χ2v) is 5.58. The highest BCUT2D eigenvalue weighted by Gasteiger charge is 2.26. The van der Waals surface area contributed by atoms with Gasteiger partial charge in [-0.1, -0.05) is 42.5 Å². The Morgan fingerprint density at radius 2 is 1.78 bits per heavy atom. The van der Waals surface area contributed by atoms with Crippen LogP contribution in [0.1, 0.15) is 23.6 Å². The number of hydrazone groups is 1. The summed E-state index contributed by atoms with van der Waals surface area (Å²) in [6.45, 7) is 0. The first-order valence-electron chi connectivity index (χ1n) is 7.45. The maximum atomic E-state index is 12.4. The quantitative estimate of drug-likeness (QED) is 0.681. The van der Waals surface area contributed by atoms with Gasteiger partial charge in [-0.2, -0.15) is 5.10 Å². The van der Waals surface area contributed by atoms with Gasteiger partial charge in [0.05, 0.1) is 17.3 Å². The Kier molecular flexibility index (Phi) is 3.12. The highest BCUT2D eigenvalue weighted by Crippen LogP contribution is 2.30. The van der Waals surface area contributed by atoms with Crippen LogP contribution in [0.15, 0.2) is 64.5 Å². The number of nitrogens with one attached hydrogen (secondary N) is 2. The Balaban J connectivity index is 1.75. The second kappa shape index (κ2) is 5.28. The molecule has 0 spiro atoms. The largest absolute Gasteiger partial charge is 0.506 e. The molecule has 4 rings (SSSR count). The van der Waals surface area contributed by atoms with Crippen molar-refractivity contribution in [3.05, 3.63) is 76.1 Å². The first-order valence-corrected chi connectivity index (χ1v) is 7.45. The third-order valence-corrected chi connectivity index (χ3v) is 4.14. The molecule has 23 heavy (non-hydrogen) atoms. The summed E-state index contributed by atoms with van der Waals surface area (Å²) in [7, 11) is 0. The van der Waals surface area contributed by atoms with E-state index in [1.165, 1.54) is 0 Å². The van der Waals surface area contributed by atoms with E-state index in [-0.39, 0.29) is 22.9 Å². The minimum atomic E-state index is -0.324. The van der Waals surface area contributed by atoms with E-state index >= 15 is 0 Å². The van der Waals surface area contributed by atoms with Gasteiger partial charge in [0.15, 0.2) is 0 Å². The third kappa shape index (κ3) is 2.26. The number of benzene rings is 2. The number of hydrogen-bond donors (Lipinski definition) is 3. The van der Waals surface area contributed by atoms with Gasteiger partial charge >= 0.3 is 0 Å². The predicted molar refractivity (Wildman–Crippen MR) is 89.7 cm³/mol. The summed E-state index contributed by atoms with van der Waals surface area (Å²) in [6, 6.07) is 17.1. The van der Waals surface area contributed by atoms with Crippen molar-refractivity contribution in [3.63, 3.8) is 0 Å². The molecule has 0 saturated carbocycles. The Labute approximate surface area is 132 Å². The zero-order chi connectivity index (χ0) is 15.8. The fourth-order valence-corrected chi connectivity index (χ4v) is 2.97. The van der Waals surface area contributed by atoms with Gasteiger partial charge in [-0.3, -0.25) is 4.79 Å². The Hall–Kier alpha value is -3.08. The van der Waals surface area contributed by atoms with Gasteiger partial charge in [-0.15, -0.1) is 0 Å². The molecule has 1 aromatic heterocycles. The van der Waals surface area contributed by atoms with Gasteiger partial charge < -0.3 is 15.5 Å². The Bertz CT molecular complexity index is 961. The standard InChI is InChI=1S/C18H15N3O2/c22-17-12-8-4-5-9-13(12)19-18(23)16(17)15-10-14(20-21-15)11-6-2-1-3-7-11/h1-9,14,20H,10H2,(H2,19,22,23). The molecule has 2 aromatic carbocycles. The molecule has 1 aliphatic heterocycles. The van der Waals surface area contributed by atoms with E-state index in [4.69, 9.17) is 0 Å². The van der Waals surface area contributed by atoms with Gasteiger partial charge in [-0.05, 0) is 17.7 Å². The normalized spacial score (nSPS) is 17.0. The number of fused-ring (bicyclic) bond motifs is 1. The van der Waals surface area contributed by atoms with E-state index in [1.54, 1.807) is 12.1 Å². The molecule has 0 bridgehead atoms. The highest BCUT2D eigenvalue weighted by atomic mass is 16.3. The van der Waals surface area contributed by atoms with Crippen LogP contribution in [0.25, 0.3) is 10.9 Å². The summed E-state index contributed by atoms with van der Waals surface area (Å²) >= 11 is 0.